The Balaban J connectivity index is 1.67. The van der Waals surface area contributed by atoms with Crippen LogP contribution in [0.4, 0.5) is 16.2 Å². The van der Waals surface area contributed by atoms with Gasteiger partial charge in [-0.3, -0.25) is 0 Å². The van der Waals surface area contributed by atoms with E-state index in [1.807, 2.05) is 6.07 Å². The highest BCUT2D eigenvalue weighted by atomic mass is 32.1. The van der Waals surface area contributed by atoms with Gasteiger partial charge in [0.2, 0.25) is 11.8 Å². The number of nitrogens with one attached hydrogen (secondary N) is 2. The van der Waals surface area contributed by atoms with Gasteiger partial charge in [0.15, 0.2) is 5.11 Å². The van der Waals surface area contributed by atoms with Crippen LogP contribution in [-0.2, 0) is 6.54 Å². The predicted molar refractivity (Wildman–Crippen MR) is 109 cm³/mol. The average Bonchev–Trinajstić information content (AvgIpc) is 2.67. The number of benzene rings is 1. The van der Waals surface area contributed by atoms with Gasteiger partial charge in [0.05, 0.1) is 7.11 Å². The van der Waals surface area contributed by atoms with E-state index in [0.29, 0.717) is 29.5 Å². The van der Waals surface area contributed by atoms with Crippen molar-refractivity contribution in [3.8, 4) is 5.88 Å². The molecule has 1 aliphatic heterocycles. The smallest absolute Gasteiger partial charge is 0.234 e. The van der Waals surface area contributed by atoms with Crippen molar-refractivity contribution < 1.29 is 9.13 Å². The van der Waals surface area contributed by atoms with Crippen LogP contribution >= 0.6 is 12.2 Å². The van der Waals surface area contributed by atoms with Crippen molar-refractivity contribution in [1.82, 2.24) is 15.3 Å². The number of hydrogen-bond acceptors (Lipinski definition) is 5. The third kappa shape index (κ3) is 5.26. The first-order chi connectivity index (χ1) is 13.0. The molecule has 1 aromatic heterocycles. The van der Waals surface area contributed by atoms with Crippen LogP contribution in [0.3, 0.4) is 0 Å². The van der Waals surface area contributed by atoms with E-state index in [2.05, 4.69) is 32.4 Å². The van der Waals surface area contributed by atoms with Crippen LogP contribution < -0.4 is 20.3 Å². The summed E-state index contributed by atoms with van der Waals surface area (Å²) in [6.07, 6.45) is 3.53. The average molecular weight is 390 g/mol. The number of nitrogens with zero attached hydrogens (tertiary/aromatic N) is 3. The first-order valence-corrected chi connectivity index (χ1v) is 9.45. The maximum atomic E-state index is 13.0. The quantitative estimate of drug-likeness (QED) is 0.759. The van der Waals surface area contributed by atoms with Gasteiger partial charge in [-0.1, -0.05) is 12.1 Å². The van der Waals surface area contributed by atoms with Gasteiger partial charge in [0.25, 0.3) is 0 Å². The first kappa shape index (κ1) is 19.3. The molecule has 0 radical (unpaired) electrons. The minimum atomic E-state index is -0.260. The number of rotatable bonds is 5. The second kappa shape index (κ2) is 8.94. The fourth-order valence-corrected chi connectivity index (χ4v) is 3.25. The zero-order valence-electron chi connectivity index (χ0n) is 15.5. The van der Waals surface area contributed by atoms with Crippen molar-refractivity contribution in [2.45, 2.75) is 38.8 Å². The topological polar surface area (TPSA) is 62.3 Å². The zero-order chi connectivity index (χ0) is 19.2. The van der Waals surface area contributed by atoms with Crippen molar-refractivity contribution in [2.75, 3.05) is 23.9 Å². The van der Waals surface area contributed by atoms with Crippen molar-refractivity contribution in [3.05, 3.63) is 41.7 Å². The maximum Gasteiger partial charge on any atom is 0.234 e. The Morgan fingerprint density at radius 2 is 2.07 bits per heavy atom. The van der Waals surface area contributed by atoms with E-state index in [4.69, 9.17) is 17.0 Å². The third-order valence-corrected chi connectivity index (χ3v) is 4.83. The summed E-state index contributed by atoms with van der Waals surface area (Å²) < 4.78 is 18.3. The summed E-state index contributed by atoms with van der Waals surface area (Å²) in [7, 11) is 1.58. The molecule has 2 N–H and O–H groups in total. The van der Waals surface area contributed by atoms with E-state index in [1.54, 1.807) is 19.2 Å². The van der Waals surface area contributed by atoms with Crippen molar-refractivity contribution >= 4 is 29.1 Å². The summed E-state index contributed by atoms with van der Waals surface area (Å²) in [5.74, 6) is 1.45. The Kier molecular flexibility index (Phi) is 6.39. The Hall–Kier alpha value is -2.48. The molecule has 0 amide bonds. The second-order valence-electron chi connectivity index (χ2n) is 6.56. The number of piperidine rings is 1. The number of ether oxygens (including phenoxy) is 1. The molecule has 1 aliphatic rings. The first-order valence-electron chi connectivity index (χ1n) is 9.04. The molecule has 2 aromatic rings. The van der Waals surface area contributed by atoms with Gasteiger partial charge in [-0.05, 0) is 56.1 Å². The molecule has 8 heteroatoms. The molecule has 0 bridgehead atoms. The highest BCUT2D eigenvalue weighted by Gasteiger charge is 2.21. The molecule has 1 atom stereocenters. The summed E-state index contributed by atoms with van der Waals surface area (Å²) in [6.45, 7) is 3.65. The molecule has 3 rings (SSSR count). The number of aromatic nitrogens is 2. The summed E-state index contributed by atoms with van der Waals surface area (Å²) >= 11 is 5.33. The summed E-state index contributed by atoms with van der Waals surface area (Å²) in [6, 6.07) is 8.54. The normalized spacial score (nSPS) is 16.7. The minimum absolute atomic E-state index is 0.260. The summed E-state index contributed by atoms with van der Waals surface area (Å²) in [5, 5.41) is 6.48. The number of thiocarbonyl (C=S) groups is 1. The molecule has 144 valence electrons. The number of halogens is 1. The van der Waals surface area contributed by atoms with E-state index < -0.39 is 0 Å². The Morgan fingerprint density at radius 1 is 1.30 bits per heavy atom. The van der Waals surface area contributed by atoms with Gasteiger partial charge in [-0.15, -0.1) is 0 Å². The number of anilines is 2. The molecule has 1 saturated heterocycles. The van der Waals surface area contributed by atoms with Crippen molar-refractivity contribution in [2.24, 2.45) is 0 Å². The highest BCUT2D eigenvalue weighted by molar-refractivity contribution is 7.80. The van der Waals surface area contributed by atoms with Crippen LogP contribution in [-0.4, -0.2) is 34.8 Å². The van der Waals surface area contributed by atoms with E-state index in [-0.39, 0.29) is 5.82 Å². The molecule has 1 aromatic carbocycles. The van der Waals surface area contributed by atoms with Crippen LogP contribution in [0.25, 0.3) is 0 Å². The Morgan fingerprint density at radius 3 is 2.78 bits per heavy atom. The van der Waals surface area contributed by atoms with Crippen LogP contribution in [0, 0.1) is 5.82 Å². The van der Waals surface area contributed by atoms with Crippen LogP contribution in [0.1, 0.15) is 31.7 Å². The van der Waals surface area contributed by atoms with Gasteiger partial charge < -0.3 is 20.3 Å². The minimum Gasteiger partial charge on any atom is -0.481 e. The van der Waals surface area contributed by atoms with E-state index >= 15 is 0 Å². The molecular formula is C19H24FN5OS. The van der Waals surface area contributed by atoms with Gasteiger partial charge in [0, 0.05) is 25.2 Å². The number of hydrogen-bond donors (Lipinski definition) is 2. The SMILES string of the molecule is COc1cc(N2CCCC[C@@H]2C)nc(NC(=S)NCc2ccc(F)cc2)n1. The van der Waals surface area contributed by atoms with E-state index in [0.717, 1.165) is 30.8 Å². The maximum absolute atomic E-state index is 13.0. The lowest BCUT2D eigenvalue weighted by Gasteiger charge is -2.34. The molecule has 2 heterocycles. The monoisotopic (exact) mass is 389 g/mol. The number of methoxy groups -OCH3 is 1. The lowest BCUT2D eigenvalue weighted by Crippen LogP contribution is -2.38. The van der Waals surface area contributed by atoms with Crippen molar-refractivity contribution in [3.63, 3.8) is 0 Å². The molecular weight excluding hydrogens is 365 g/mol. The predicted octanol–water partition coefficient (Wildman–Crippen LogP) is 3.49. The largest absolute Gasteiger partial charge is 0.481 e. The molecule has 0 unspecified atom stereocenters. The fraction of sp³-hybridized carbons (Fsp3) is 0.421. The molecule has 0 spiro atoms. The zero-order valence-corrected chi connectivity index (χ0v) is 16.4. The van der Waals surface area contributed by atoms with Crippen molar-refractivity contribution in [1.29, 1.82) is 0 Å². The van der Waals surface area contributed by atoms with Gasteiger partial charge in [-0.2, -0.15) is 9.97 Å². The van der Waals surface area contributed by atoms with E-state index in [1.165, 1.54) is 18.6 Å². The standard InChI is InChI=1S/C19H24FN5OS/c1-13-5-3-4-10-25(13)16-11-17(26-2)23-18(22-16)24-19(27)21-12-14-6-8-15(20)9-7-14/h6-9,11,13H,3-5,10,12H2,1-2H3,(H2,21,22,23,24,27)/t13-/m0/s1. The third-order valence-electron chi connectivity index (χ3n) is 4.59. The second-order valence-corrected chi connectivity index (χ2v) is 6.97. The molecule has 6 nitrogen and oxygen atoms in total. The molecule has 0 aliphatic carbocycles. The summed E-state index contributed by atoms with van der Waals surface area (Å²) in [5.41, 5.74) is 0.926. The lowest BCUT2D eigenvalue weighted by molar-refractivity contribution is 0.396. The van der Waals surface area contributed by atoms with E-state index in [9.17, 15) is 4.39 Å². The van der Waals surface area contributed by atoms with Gasteiger partial charge in [0.1, 0.15) is 11.6 Å². The Bertz CT molecular complexity index is 786. The van der Waals surface area contributed by atoms with Crippen LogP contribution in [0.15, 0.2) is 30.3 Å². The fourth-order valence-electron chi connectivity index (χ4n) is 3.09. The summed E-state index contributed by atoms with van der Waals surface area (Å²) in [4.78, 5) is 11.2. The van der Waals surface area contributed by atoms with Gasteiger partial charge in [-0.25, -0.2) is 4.39 Å². The molecule has 27 heavy (non-hydrogen) atoms. The molecule has 1 fully saturated rings. The van der Waals surface area contributed by atoms with Crippen LogP contribution in [0.5, 0.6) is 5.88 Å². The highest BCUT2D eigenvalue weighted by Crippen LogP contribution is 2.26. The van der Waals surface area contributed by atoms with Crippen LogP contribution in [0.2, 0.25) is 0 Å². The molecule has 0 saturated carbocycles. The van der Waals surface area contributed by atoms with Gasteiger partial charge >= 0.3 is 0 Å². The lowest BCUT2D eigenvalue weighted by atomic mass is 10.0. The Labute approximate surface area is 164 Å².